The Balaban J connectivity index is 1.37. The van der Waals surface area contributed by atoms with Crippen LogP contribution < -0.4 is 10.7 Å². The Morgan fingerprint density at radius 3 is 3.00 bits per heavy atom. The maximum absolute atomic E-state index is 12.4. The molecule has 0 atom stereocenters. The first-order valence-corrected chi connectivity index (χ1v) is 9.63. The van der Waals surface area contributed by atoms with Crippen LogP contribution in [0, 0.1) is 0 Å². The number of H-pyrrole nitrogens is 1. The van der Waals surface area contributed by atoms with Crippen LogP contribution in [0.1, 0.15) is 11.3 Å². The van der Waals surface area contributed by atoms with Crippen LogP contribution in [-0.4, -0.2) is 22.4 Å². The smallest absolute Gasteiger partial charge is 0.244 e. The predicted octanol–water partition coefficient (Wildman–Crippen LogP) is 3.62. The van der Waals surface area contributed by atoms with Gasteiger partial charge in [0.15, 0.2) is 5.43 Å². The third kappa shape index (κ3) is 3.79. The molecule has 0 aliphatic rings. The molecule has 0 aliphatic heterocycles. The van der Waals surface area contributed by atoms with Crippen molar-refractivity contribution >= 4 is 34.3 Å². The van der Waals surface area contributed by atoms with E-state index in [1.54, 1.807) is 41.9 Å². The Kier molecular flexibility index (Phi) is 5.16. The van der Waals surface area contributed by atoms with Crippen molar-refractivity contribution in [1.82, 2.24) is 15.3 Å². The number of nitrogens with one attached hydrogen (secondary N) is 2. The summed E-state index contributed by atoms with van der Waals surface area (Å²) >= 11 is 1.62. The molecule has 0 radical (unpaired) electrons. The summed E-state index contributed by atoms with van der Waals surface area (Å²) in [7, 11) is 0. The molecule has 1 aromatic carbocycles. The van der Waals surface area contributed by atoms with E-state index in [0.29, 0.717) is 29.5 Å². The second kappa shape index (κ2) is 8.06. The highest BCUT2D eigenvalue weighted by molar-refractivity contribution is 7.13. The highest BCUT2D eigenvalue weighted by Gasteiger charge is 2.09. The van der Waals surface area contributed by atoms with Crippen molar-refractivity contribution in [2.24, 2.45) is 0 Å². The van der Waals surface area contributed by atoms with E-state index in [2.05, 4.69) is 15.3 Å². The average Bonchev–Trinajstić information content (AvgIpc) is 3.39. The van der Waals surface area contributed by atoms with E-state index in [1.807, 2.05) is 17.5 Å². The van der Waals surface area contributed by atoms with Gasteiger partial charge in [-0.1, -0.05) is 18.2 Å². The molecule has 140 valence electrons. The first-order valence-electron chi connectivity index (χ1n) is 8.75. The topological polar surface area (TPSA) is 88.0 Å². The van der Waals surface area contributed by atoms with E-state index >= 15 is 0 Å². The normalized spacial score (nSPS) is 11.3. The molecule has 28 heavy (non-hydrogen) atoms. The van der Waals surface area contributed by atoms with Crippen LogP contribution in [0.5, 0.6) is 0 Å². The van der Waals surface area contributed by atoms with Gasteiger partial charge in [0.25, 0.3) is 0 Å². The van der Waals surface area contributed by atoms with Gasteiger partial charge in [0.1, 0.15) is 17.5 Å². The third-order valence-electron chi connectivity index (χ3n) is 4.27. The van der Waals surface area contributed by atoms with Crippen LogP contribution in [0.3, 0.4) is 0 Å². The fraction of sp³-hybridized carbons (Fsp3) is 0.0952. The summed E-state index contributed by atoms with van der Waals surface area (Å²) in [6.45, 7) is 0.454. The zero-order valence-corrected chi connectivity index (χ0v) is 15.7. The summed E-state index contributed by atoms with van der Waals surface area (Å²) in [5.74, 6) is -0.273. The number of carbonyl (C=O) groups is 1. The molecule has 1 amide bonds. The monoisotopic (exact) mass is 391 g/mol. The van der Waals surface area contributed by atoms with Crippen LogP contribution in [0.25, 0.3) is 27.6 Å². The summed E-state index contributed by atoms with van der Waals surface area (Å²) in [5.41, 5.74) is 2.58. The van der Waals surface area contributed by atoms with Crippen LogP contribution in [0.2, 0.25) is 0 Å². The van der Waals surface area contributed by atoms with E-state index in [9.17, 15) is 9.59 Å². The number of hydrogen-bond donors (Lipinski definition) is 2. The van der Waals surface area contributed by atoms with Gasteiger partial charge in [0.2, 0.25) is 5.91 Å². The molecule has 0 fully saturated rings. The van der Waals surface area contributed by atoms with Crippen molar-refractivity contribution in [3.63, 3.8) is 0 Å². The van der Waals surface area contributed by atoms with Crippen molar-refractivity contribution in [3.8, 4) is 10.6 Å². The lowest BCUT2D eigenvalue weighted by Gasteiger charge is -2.03. The van der Waals surface area contributed by atoms with Gasteiger partial charge in [-0.15, -0.1) is 11.3 Å². The molecule has 0 saturated heterocycles. The van der Waals surface area contributed by atoms with Crippen LogP contribution in [0.4, 0.5) is 0 Å². The number of nitrogens with zero attached hydrogens (tertiary/aromatic N) is 1. The molecule has 0 unspecified atom stereocenters. The van der Waals surface area contributed by atoms with E-state index in [-0.39, 0.29) is 11.3 Å². The molecule has 3 heterocycles. The number of aromatic amines is 1. The first kappa shape index (κ1) is 17.9. The first-order chi connectivity index (χ1) is 13.7. The lowest BCUT2D eigenvalue weighted by Crippen LogP contribution is -2.23. The number of imidazole rings is 1. The van der Waals surface area contributed by atoms with E-state index in [1.165, 1.54) is 18.4 Å². The summed E-state index contributed by atoms with van der Waals surface area (Å²) in [6, 6.07) is 11.0. The molecule has 0 saturated carbocycles. The average molecular weight is 391 g/mol. The molecule has 3 aromatic heterocycles. The minimum absolute atomic E-state index is 0.163. The lowest BCUT2D eigenvalue weighted by atomic mass is 10.1. The Morgan fingerprint density at radius 2 is 2.14 bits per heavy atom. The van der Waals surface area contributed by atoms with Gasteiger partial charge in [-0.2, -0.15) is 0 Å². The number of rotatable bonds is 6. The van der Waals surface area contributed by atoms with Crippen LogP contribution >= 0.6 is 11.3 Å². The Hall–Kier alpha value is -3.45. The highest BCUT2D eigenvalue weighted by Crippen LogP contribution is 2.25. The fourth-order valence-electron chi connectivity index (χ4n) is 2.88. The minimum atomic E-state index is -0.273. The number of fused-ring (bicyclic) bond motifs is 1. The highest BCUT2D eigenvalue weighted by atomic mass is 32.1. The SMILES string of the molecule is O=C(/C=C/c1coc2ccccc2c1=O)NCCc1[nH]cnc1-c1cccs1. The summed E-state index contributed by atoms with van der Waals surface area (Å²) < 4.78 is 5.44. The van der Waals surface area contributed by atoms with Crippen molar-refractivity contribution < 1.29 is 9.21 Å². The number of amides is 1. The number of para-hydroxylation sites is 1. The largest absolute Gasteiger partial charge is 0.463 e. The molecule has 0 spiro atoms. The van der Waals surface area contributed by atoms with Crippen molar-refractivity contribution in [3.05, 3.63) is 81.9 Å². The van der Waals surface area contributed by atoms with Gasteiger partial charge in [0.05, 0.1) is 22.2 Å². The number of carbonyl (C=O) groups excluding carboxylic acids is 1. The second-order valence-corrected chi connectivity index (χ2v) is 7.05. The molecule has 4 aromatic rings. The summed E-state index contributed by atoms with van der Waals surface area (Å²) in [4.78, 5) is 33.0. The van der Waals surface area contributed by atoms with E-state index in [0.717, 1.165) is 16.3 Å². The van der Waals surface area contributed by atoms with Gasteiger partial charge >= 0.3 is 0 Å². The molecular formula is C21H17N3O3S. The Morgan fingerprint density at radius 1 is 1.25 bits per heavy atom. The summed E-state index contributed by atoms with van der Waals surface area (Å²) in [6.07, 6.45) is 6.47. The predicted molar refractivity (Wildman–Crippen MR) is 110 cm³/mol. The minimum Gasteiger partial charge on any atom is -0.463 e. The zero-order chi connectivity index (χ0) is 19.3. The Bertz CT molecular complexity index is 1190. The van der Waals surface area contributed by atoms with Gasteiger partial charge in [-0.25, -0.2) is 4.98 Å². The maximum atomic E-state index is 12.4. The summed E-state index contributed by atoms with van der Waals surface area (Å²) in [5, 5.41) is 5.31. The van der Waals surface area contributed by atoms with E-state index < -0.39 is 0 Å². The van der Waals surface area contributed by atoms with Crippen molar-refractivity contribution in [2.75, 3.05) is 6.54 Å². The third-order valence-corrected chi connectivity index (χ3v) is 5.14. The molecule has 2 N–H and O–H groups in total. The number of hydrogen-bond acceptors (Lipinski definition) is 5. The molecule has 7 heteroatoms. The quantitative estimate of drug-likeness (QED) is 0.492. The molecule has 6 nitrogen and oxygen atoms in total. The number of benzene rings is 1. The molecule has 0 aliphatic carbocycles. The van der Waals surface area contributed by atoms with Crippen LogP contribution in [-0.2, 0) is 11.2 Å². The van der Waals surface area contributed by atoms with Crippen molar-refractivity contribution in [2.45, 2.75) is 6.42 Å². The van der Waals surface area contributed by atoms with E-state index in [4.69, 9.17) is 4.42 Å². The van der Waals surface area contributed by atoms with Gasteiger partial charge < -0.3 is 14.7 Å². The molecule has 4 rings (SSSR count). The molecular weight excluding hydrogens is 374 g/mol. The number of thiophene rings is 1. The molecule has 0 bridgehead atoms. The maximum Gasteiger partial charge on any atom is 0.244 e. The Labute approximate surface area is 164 Å². The number of aromatic nitrogens is 2. The van der Waals surface area contributed by atoms with Crippen LogP contribution in [0.15, 0.2) is 69.7 Å². The van der Waals surface area contributed by atoms with Crippen molar-refractivity contribution in [1.29, 1.82) is 0 Å². The standard InChI is InChI=1S/C21H17N3O3S/c25-19(8-7-14-12-27-17-5-2-1-4-15(17)21(14)26)22-10-9-16-20(24-13-23-16)18-6-3-11-28-18/h1-8,11-13H,9-10H2,(H,22,25)(H,23,24)/b8-7+. The lowest BCUT2D eigenvalue weighted by molar-refractivity contribution is -0.116. The zero-order valence-electron chi connectivity index (χ0n) is 14.8. The van der Waals surface area contributed by atoms with Gasteiger partial charge in [-0.05, 0) is 29.7 Å². The van der Waals surface area contributed by atoms with Gasteiger partial charge in [-0.3, -0.25) is 9.59 Å². The fourth-order valence-corrected chi connectivity index (χ4v) is 3.63. The second-order valence-electron chi connectivity index (χ2n) is 6.10. The van der Waals surface area contributed by atoms with Gasteiger partial charge in [0, 0.05) is 24.7 Å².